The predicted molar refractivity (Wildman–Crippen MR) is 194 cm³/mol. The zero-order valence-electron chi connectivity index (χ0n) is 29.8. The van der Waals surface area contributed by atoms with Gasteiger partial charge in [0.25, 0.3) is 0 Å². The van der Waals surface area contributed by atoms with Gasteiger partial charge in [-0.05, 0) is 74.8 Å². The van der Waals surface area contributed by atoms with E-state index in [0.717, 1.165) is 17.5 Å². The number of amides is 1. The minimum atomic E-state index is -4.20. The Kier molecular flexibility index (Phi) is 16.0. The molecular formula is C39H49N2O10P. The molecule has 2 N–H and O–H groups in total. The molecule has 0 aromatic heterocycles. The number of carbonyl (C=O) groups is 4. The molecule has 4 atom stereocenters. The molecule has 4 rings (SSSR count). The Labute approximate surface area is 305 Å². The third-order valence-corrected chi connectivity index (χ3v) is 10.9. The fourth-order valence-corrected chi connectivity index (χ4v) is 7.52. The molecule has 0 radical (unpaired) electrons. The van der Waals surface area contributed by atoms with Gasteiger partial charge in [-0.1, -0.05) is 92.2 Å². The number of rotatable bonds is 21. The highest BCUT2D eigenvalue weighted by Crippen LogP contribution is 2.56. The molecule has 0 bridgehead atoms. The van der Waals surface area contributed by atoms with Gasteiger partial charge in [-0.25, -0.2) is 14.4 Å². The number of carbonyl (C=O) groups excluding carboxylic acids is 4. The summed E-state index contributed by atoms with van der Waals surface area (Å²) in [5, 5.41) is 5.71. The Morgan fingerprint density at radius 2 is 1.44 bits per heavy atom. The number of hydrogen-bond acceptors (Lipinski definition) is 11. The van der Waals surface area contributed by atoms with Crippen LogP contribution in [0.2, 0.25) is 0 Å². The van der Waals surface area contributed by atoms with Crippen molar-refractivity contribution in [1.82, 2.24) is 10.6 Å². The van der Waals surface area contributed by atoms with Crippen LogP contribution >= 0.6 is 7.60 Å². The average Bonchev–Trinajstić information content (AvgIpc) is 3.69. The van der Waals surface area contributed by atoms with E-state index in [1.54, 1.807) is 42.5 Å². The smallest absolute Gasteiger partial charge is 0.409 e. The van der Waals surface area contributed by atoms with Crippen molar-refractivity contribution in [3.8, 4) is 0 Å². The molecule has 52 heavy (non-hydrogen) atoms. The van der Waals surface area contributed by atoms with E-state index in [2.05, 4.69) is 10.6 Å². The molecule has 0 spiro atoms. The fourth-order valence-electron chi connectivity index (χ4n) is 5.82. The van der Waals surface area contributed by atoms with Crippen LogP contribution in [-0.2, 0) is 50.6 Å². The van der Waals surface area contributed by atoms with Crippen molar-refractivity contribution in [3.63, 3.8) is 0 Å². The third kappa shape index (κ3) is 11.8. The van der Waals surface area contributed by atoms with Crippen molar-refractivity contribution >= 4 is 31.4 Å². The first-order valence-corrected chi connectivity index (χ1v) is 19.4. The molecule has 12 nitrogen and oxygen atoms in total. The molecule has 0 saturated carbocycles. The van der Waals surface area contributed by atoms with Gasteiger partial charge in [-0.2, -0.15) is 0 Å². The van der Waals surface area contributed by atoms with E-state index < -0.39 is 43.2 Å². The van der Waals surface area contributed by atoms with E-state index in [4.69, 9.17) is 23.3 Å². The SMILES string of the molecule is CCCCC(OC(=O)c1ccccc1)P(=O)(OC)OC(CCCCC(=O)[C@]1(C(=O)OCc2ccccc2)CCCN1)NC(=O)OCc1ccccc1. The van der Waals surface area contributed by atoms with Crippen LogP contribution < -0.4 is 10.6 Å². The number of hydrogen-bond donors (Lipinski definition) is 2. The standard InChI is InChI=1S/C39H49N2O10P/c1-3-4-25-35(50-36(43)32-21-12-7-13-22-32)52(46,47-2)51-34(41-38(45)49-29-31-19-10-6-11-20-31)24-15-14-23-33(42)39(26-16-27-40-39)37(44)48-28-30-17-8-5-9-18-30/h5-13,17-22,34-35,40H,3-4,14-16,23-29H2,1-2H3,(H,41,45)/t34?,35?,39-,52?/m0/s1. The summed E-state index contributed by atoms with van der Waals surface area (Å²) in [7, 11) is -3.00. The Morgan fingerprint density at radius 1 is 0.827 bits per heavy atom. The normalized spacial score (nSPS) is 17.7. The first-order valence-electron chi connectivity index (χ1n) is 17.8. The molecule has 3 aromatic rings. The lowest BCUT2D eigenvalue weighted by molar-refractivity contribution is -0.156. The van der Waals surface area contributed by atoms with Crippen molar-refractivity contribution in [2.24, 2.45) is 0 Å². The van der Waals surface area contributed by atoms with Gasteiger partial charge in [-0.15, -0.1) is 0 Å². The third-order valence-electron chi connectivity index (χ3n) is 8.74. The summed E-state index contributed by atoms with van der Waals surface area (Å²) in [5.41, 5.74) is 0.428. The van der Waals surface area contributed by atoms with Gasteiger partial charge >= 0.3 is 25.6 Å². The molecule has 3 unspecified atom stereocenters. The minimum Gasteiger partial charge on any atom is -0.459 e. The lowest BCUT2D eigenvalue weighted by Crippen LogP contribution is -2.55. The maximum Gasteiger partial charge on any atom is 0.409 e. The highest BCUT2D eigenvalue weighted by molar-refractivity contribution is 7.54. The van der Waals surface area contributed by atoms with Crippen molar-refractivity contribution in [2.45, 2.75) is 95.5 Å². The number of ketones is 1. The van der Waals surface area contributed by atoms with E-state index in [9.17, 15) is 23.7 Å². The second kappa shape index (κ2) is 20.6. The first kappa shape index (κ1) is 40.4. The summed E-state index contributed by atoms with van der Waals surface area (Å²) < 4.78 is 42.4. The Bertz CT molecular complexity index is 1620. The Balaban J connectivity index is 1.43. The number of Topliss-reactive ketones (excluding diaryl/α,β-unsaturated/α-hetero) is 1. The molecule has 0 aliphatic carbocycles. The summed E-state index contributed by atoms with van der Waals surface area (Å²) in [6.45, 7) is 2.49. The van der Waals surface area contributed by atoms with Crippen LogP contribution in [0, 0.1) is 0 Å². The summed E-state index contributed by atoms with van der Waals surface area (Å²) >= 11 is 0. The number of esters is 2. The van der Waals surface area contributed by atoms with E-state index in [1.807, 2.05) is 55.5 Å². The van der Waals surface area contributed by atoms with Crippen molar-refractivity contribution in [3.05, 3.63) is 108 Å². The van der Waals surface area contributed by atoms with Gasteiger partial charge in [0.15, 0.2) is 11.3 Å². The van der Waals surface area contributed by atoms with Crippen LogP contribution in [0.1, 0.15) is 86.2 Å². The van der Waals surface area contributed by atoms with Gasteiger partial charge in [0.2, 0.25) is 5.85 Å². The molecule has 1 amide bonds. The van der Waals surface area contributed by atoms with Crippen molar-refractivity contribution in [2.75, 3.05) is 13.7 Å². The second-order valence-electron chi connectivity index (χ2n) is 12.6. The van der Waals surface area contributed by atoms with E-state index in [-0.39, 0.29) is 43.8 Å². The van der Waals surface area contributed by atoms with Crippen molar-refractivity contribution < 1.29 is 47.0 Å². The topological polar surface area (TPSA) is 156 Å². The van der Waals surface area contributed by atoms with Gasteiger partial charge in [0.1, 0.15) is 19.4 Å². The molecule has 1 saturated heterocycles. The van der Waals surface area contributed by atoms with Crippen molar-refractivity contribution in [1.29, 1.82) is 0 Å². The van der Waals surface area contributed by atoms with E-state index >= 15 is 0 Å². The zero-order chi connectivity index (χ0) is 37.2. The van der Waals surface area contributed by atoms with Crippen LogP contribution in [0.4, 0.5) is 4.79 Å². The largest absolute Gasteiger partial charge is 0.459 e. The van der Waals surface area contributed by atoms with Gasteiger partial charge in [0, 0.05) is 13.5 Å². The summed E-state index contributed by atoms with van der Waals surface area (Å²) in [6.07, 6.45) is 1.25. The molecule has 1 fully saturated rings. The summed E-state index contributed by atoms with van der Waals surface area (Å²) in [5.74, 6) is -2.84. The molecule has 1 heterocycles. The average molecular weight is 737 g/mol. The highest BCUT2D eigenvalue weighted by Gasteiger charge is 2.48. The molecule has 1 aliphatic heterocycles. The number of benzene rings is 3. The van der Waals surface area contributed by atoms with Crippen LogP contribution in [0.5, 0.6) is 0 Å². The lowest BCUT2D eigenvalue weighted by Gasteiger charge is -2.29. The van der Waals surface area contributed by atoms with Gasteiger partial charge in [0.05, 0.1) is 5.56 Å². The molecule has 1 aliphatic rings. The molecular weight excluding hydrogens is 687 g/mol. The van der Waals surface area contributed by atoms with Crippen LogP contribution in [0.3, 0.4) is 0 Å². The van der Waals surface area contributed by atoms with E-state index in [1.165, 1.54) is 7.11 Å². The number of nitrogens with one attached hydrogen (secondary N) is 2. The fraction of sp³-hybridized carbons (Fsp3) is 0.436. The van der Waals surface area contributed by atoms with Gasteiger partial charge < -0.3 is 18.7 Å². The summed E-state index contributed by atoms with van der Waals surface area (Å²) in [6, 6.07) is 26.7. The number of unbranched alkanes of at least 4 members (excludes halogenated alkanes) is 2. The Hall–Kier alpha value is -4.35. The molecule has 13 heteroatoms. The predicted octanol–water partition coefficient (Wildman–Crippen LogP) is 7.46. The quantitative estimate of drug-likeness (QED) is 0.0280. The van der Waals surface area contributed by atoms with Crippen LogP contribution in [0.15, 0.2) is 91.0 Å². The molecule has 3 aromatic carbocycles. The maximum absolute atomic E-state index is 14.3. The number of alkyl carbamates (subject to hydrolysis) is 1. The first-order chi connectivity index (χ1) is 25.2. The van der Waals surface area contributed by atoms with Crippen LogP contribution in [0.25, 0.3) is 0 Å². The second-order valence-corrected chi connectivity index (χ2v) is 14.8. The maximum atomic E-state index is 14.3. The zero-order valence-corrected chi connectivity index (χ0v) is 30.7. The Morgan fingerprint density at radius 3 is 2.02 bits per heavy atom. The highest BCUT2D eigenvalue weighted by atomic mass is 31.2. The van der Waals surface area contributed by atoms with E-state index in [0.29, 0.717) is 38.6 Å². The summed E-state index contributed by atoms with van der Waals surface area (Å²) in [4.78, 5) is 52.8. The van der Waals surface area contributed by atoms with Gasteiger partial charge in [-0.3, -0.25) is 24.5 Å². The monoisotopic (exact) mass is 736 g/mol. The van der Waals surface area contributed by atoms with Crippen LogP contribution in [-0.4, -0.2) is 55.1 Å². The lowest BCUT2D eigenvalue weighted by atomic mass is 9.89. The number of ether oxygens (including phenoxy) is 3. The molecule has 280 valence electrons. The minimum absolute atomic E-state index is 0.0148.